The van der Waals surface area contributed by atoms with E-state index in [1.807, 2.05) is 6.07 Å². The summed E-state index contributed by atoms with van der Waals surface area (Å²) >= 11 is 6.29. The number of rotatable bonds is 8. The summed E-state index contributed by atoms with van der Waals surface area (Å²) in [4.78, 5) is 33.1. The lowest BCUT2D eigenvalue weighted by molar-refractivity contribution is -0.214. The van der Waals surface area contributed by atoms with E-state index in [9.17, 15) is 23.5 Å². The van der Waals surface area contributed by atoms with Crippen molar-refractivity contribution in [1.82, 2.24) is 9.88 Å². The molecule has 4 rings (SSSR count). The Kier molecular flexibility index (Phi) is 8.90. The first-order valence-corrected chi connectivity index (χ1v) is 13.1. The van der Waals surface area contributed by atoms with E-state index in [2.05, 4.69) is 15.2 Å². The van der Waals surface area contributed by atoms with E-state index >= 15 is 0 Å². The van der Waals surface area contributed by atoms with Crippen LogP contribution < -0.4 is 15.0 Å². The van der Waals surface area contributed by atoms with Crippen LogP contribution in [0.15, 0.2) is 60.7 Å². The highest BCUT2D eigenvalue weighted by Crippen LogP contribution is 2.35. The van der Waals surface area contributed by atoms with Gasteiger partial charge in [0.25, 0.3) is 5.91 Å². The topological polar surface area (TPSA) is 95.0 Å². The average molecular weight is 573 g/mol. The molecular formula is C29H31ClF2N4O4. The number of carbonyl (C=O) groups is 2. The summed E-state index contributed by atoms with van der Waals surface area (Å²) in [6.07, 6.45) is -2.71. The predicted molar refractivity (Wildman–Crippen MR) is 149 cm³/mol. The van der Waals surface area contributed by atoms with Gasteiger partial charge in [-0.15, -0.1) is 0 Å². The molecule has 2 N–H and O–H groups in total. The van der Waals surface area contributed by atoms with Crippen molar-refractivity contribution in [3.63, 3.8) is 0 Å². The van der Waals surface area contributed by atoms with Gasteiger partial charge in [-0.25, -0.2) is 4.98 Å². The summed E-state index contributed by atoms with van der Waals surface area (Å²) in [7, 11) is 4.69. The van der Waals surface area contributed by atoms with Crippen molar-refractivity contribution in [2.45, 2.75) is 30.8 Å². The number of pyridine rings is 1. The Morgan fingerprint density at radius 1 is 1.12 bits per heavy atom. The van der Waals surface area contributed by atoms with Crippen LogP contribution >= 0.6 is 11.6 Å². The van der Waals surface area contributed by atoms with Gasteiger partial charge in [0.15, 0.2) is 5.92 Å². The Bertz CT molecular complexity index is 1370. The Balaban J connectivity index is 1.43. The standard InChI is InChI=1S/C29H31ClF2N4O4/c1-35(2)28(38)23-10-11-24(34-26(23)30)36-14-12-18(13-15-36)19-6-4-8-21(16-19)33-27(37)25(29(31,32)39)20-7-5-9-22(17-20)40-3/h4-11,16-18,25,39H,12-15H2,1-3H3,(H,33,37). The van der Waals surface area contributed by atoms with Gasteiger partial charge in [0.05, 0.1) is 12.7 Å². The van der Waals surface area contributed by atoms with Gasteiger partial charge in [-0.3, -0.25) is 9.59 Å². The highest BCUT2D eigenvalue weighted by Gasteiger charge is 2.44. The molecular weight excluding hydrogens is 542 g/mol. The third-order valence-corrected chi connectivity index (χ3v) is 7.24. The van der Waals surface area contributed by atoms with Crippen LogP contribution in [-0.2, 0) is 4.79 Å². The van der Waals surface area contributed by atoms with Gasteiger partial charge in [0.2, 0.25) is 5.91 Å². The maximum Gasteiger partial charge on any atom is 0.369 e. The number of ether oxygens (including phenoxy) is 1. The highest BCUT2D eigenvalue weighted by molar-refractivity contribution is 6.32. The molecule has 0 radical (unpaired) electrons. The molecule has 3 aromatic rings. The number of amides is 2. The van der Waals surface area contributed by atoms with Crippen molar-refractivity contribution in [2.75, 3.05) is 44.5 Å². The van der Waals surface area contributed by atoms with Crippen LogP contribution in [0.5, 0.6) is 5.75 Å². The molecule has 0 aliphatic carbocycles. The second-order valence-corrected chi connectivity index (χ2v) is 10.2. The van der Waals surface area contributed by atoms with Gasteiger partial charge in [0, 0.05) is 32.9 Å². The summed E-state index contributed by atoms with van der Waals surface area (Å²) in [5, 5.41) is 12.2. The molecule has 1 unspecified atom stereocenters. The molecule has 2 amide bonds. The maximum absolute atomic E-state index is 14.1. The van der Waals surface area contributed by atoms with E-state index in [0.29, 0.717) is 35.9 Å². The third kappa shape index (κ3) is 6.68. The lowest BCUT2D eigenvalue weighted by Gasteiger charge is -2.33. The van der Waals surface area contributed by atoms with Crippen molar-refractivity contribution in [3.8, 4) is 5.75 Å². The molecule has 0 spiro atoms. The number of aliphatic hydroxyl groups is 1. The van der Waals surface area contributed by atoms with Crippen molar-refractivity contribution >= 4 is 34.9 Å². The molecule has 40 heavy (non-hydrogen) atoms. The third-order valence-electron chi connectivity index (χ3n) is 6.95. The number of benzene rings is 2. The summed E-state index contributed by atoms with van der Waals surface area (Å²) in [5.74, 6) is -2.21. The number of carbonyl (C=O) groups excluding carboxylic acids is 2. The van der Waals surface area contributed by atoms with Crippen LogP contribution in [0.3, 0.4) is 0 Å². The monoisotopic (exact) mass is 572 g/mol. The zero-order valence-corrected chi connectivity index (χ0v) is 23.2. The van der Waals surface area contributed by atoms with Crippen molar-refractivity contribution in [1.29, 1.82) is 0 Å². The molecule has 8 nitrogen and oxygen atoms in total. The minimum atomic E-state index is -4.28. The minimum Gasteiger partial charge on any atom is -0.497 e. The lowest BCUT2D eigenvalue weighted by Crippen LogP contribution is -2.36. The van der Waals surface area contributed by atoms with Crippen LogP contribution in [0.2, 0.25) is 5.15 Å². The molecule has 1 atom stereocenters. The van der Waals surface area contributed by atoms with Crippen LogP contribution in [-0.4, -0.2) is 67.2 Å². The molecule has 1 aliphatic heterocycles. The molecule has 2 aromatic carbocycles. The number of halogens is 3. The SMILES string of the molecule is COc1cccc(C(C(=O)Nc2cccc(C3CCN(c4ccc(C(=O)N(C)C)c(Cl)n4)CC3)c2)C(O)(F)F)c1. The number of hydrogen-bond donors (Lipinski definition) is 2. The summed E-state index contributed by atoms with van der Waals surface area (Å²) in [6.45, 7) is 1.39. The molecule has 1 aromatic heterocycles. The van der Waals surface area contributed by atoms with E-state index in [-0.39, 0.29) is 22.5 Å². The molecule has 1 aliphatic rings. The smallest absolute Gasteiger partial charge is 0.369 e. The first-order valence-electron chi connectivity index (χ1n) is 12.8. The predicted octanol–water partition coefficient (Wildman–Crippen LogP) is 5.14. The Labute approximate surface area is 236 Å². The first-order chi connectivity index (χ1) is 19.0. The van der Waals surface area contributed by atoms with Crippen molar-refractivity contribution in [2.24, 2.45) is 0 Å². The van der Waals surface area contributed by atoms with E-state index in [0.717, 1.165) is 18.4 Å². The molecule has 212 valence electrons. The first kappa shape index (κ1) is 29.2. The molecule has 1 saturated heterocycles. The zero-order chi connectivity index (χ0) is 29.0. The Morgan fingerprint density at radius 3 is 2.45 bits per heavy atom. The Morgan fingerprint density at radius 2 is 1.82 bits per heavy atom. The van der Waals surface area contributed by atoms with Crippen LogP contribution in [0.4, 0.5) is 20.3 Å². The second kappa shape index (κ2) is 12.2. The average Bonchev–Trinajstić information content (AvgIpc) is 2.92. The number of anilines is 2. The van der Waals surface area contributed by atoms with E-state index in [1.165, 1.54) is 30.2 Å². The van der Waals surface area contributed by atoms with Crippen molar-refractivity contribution in [3.05, 3.63) is 82.5 Å². The molecule has 0 bridgehead atoms. The number of alkyl halides is 2. The minimum absolute atomic E-state index is 0.0688. The Hall–Kier alpha value is -3.76. The van der Waals surface area contributed by atoms with Crippen LogP contribution in [0, 0.1) is 0 Å². The van der Waals surface area contributed by atoms with Gasteiger partial charge >= 0.3 is 6.11 Å². The number of piperidine rings is 1. The fourth-order valence-electron chi connectivity index (χ4n) is 4.86. The van der Waals surface area contributed by atoms with Crippen LogP contribution in [0.1, 0.15) is 46.2 Å². The summed E-state index contributed by atoms with van der Waals surface area (Å²) in [6, 6.07) is 16.2. The normalized spacial score (nSPS) is 14.9. The van der Waals surface area contributed by atoms with Crippen molar-refractivity contribution < 1.29 is 28.2 Å². The molecule has 11 heteroatoms. The van der Waals surface area contributed by atoms with Gasteiger partial charge in [0.1, 0.15) is 16.7 Å². The molecule has 2 heterocycles. The molecule has 0 saturated carbocycles. The maximum atomic E-state index is 14.1. The highest BCUT2D eigenvalue weighted by atomic mass is 35.5. The van der Waals surface area contributed by atoms with E-state index in [1.54, 1.807) is 50.5 Å². The number of aromatic nitrogens is 1. The number of methoxy groups -OCH3 is 1. The van der Waals surface area contributed by atoms with Crippen LogP contribution in [0.25, 0.3) is 0 Å². The lowest BCUT2D eigenvalue weighted by atomic mass is 9.89. The fraction of sp³-hybridized carbons (Fsp3) is 0.345. The van der Waals surface area contributed by atoms with E-state index in [4.69, 9.17) is 16.3 Å². The quantitative estimate of drug-likeness (QED) is 0.363. The van der Waals surface area contributed by atoms with Gasteiger partial charge in [-0.1, -0.05) is 35.9 Å². The van der Waals surface area contributed by atoms with Gasteiger partial charge in [-0.05, 0) is 66.3 Å². The number of hydrogen-bond acceptors (Lipinski definition) is 6. The largest absolute Gasteiger partial charge is 0.497 e. The van der Waals surface area contributed by atoms with E-state index < -0.39 is 17.9 Å². The summed E-state index contributed by atoms with van der Waals surface area (Å²) in [5.41, 5.74) is 1.60. The summed E-state index contributed by atoms with van der Waals surface area (Å²) < 4.78 is 33.4. The number of nitrogens with zero attached hydrogens (tertiary/aromatic N) is 3. The van der Waals surface area contributed by atoms with Gasteiger partial charge in [-0.2, -0.15) is 8.78 Å². The molecule has 1 fully saturated rings. The van der Waals surface area contributed by atoms with Gasteiger partial charge < -0.3 is 25.0 Å². The second-order valence-electron chi connectivity index (χ2n) is 9.88. The zero-order valence-electron chi connectivity index (χ0n) is 22.4. The number of nitrogens with one attached hydrogen (secondary N) is 1. The fourth-order valence-corrected chi connectivity index (χ4v) is 5.09.